The van der Waals surface area contributed by atoms with Crippen molar-refractivity contribution in [3.05, 3.63) is 94.9 Å². The molecule has 10 heteroatoms. The number of halogens is 1. The molecule has 9 nitrogen and oxygen atoms in total. The largest absolute Gasteiger partial charge is 0.477 e. The van der Waals surface area contributed by atoms with E-state index in [9.17, 15) is 14.7 Å². The molecule has 3 aromatic heterocycles. The van der Waals surface area contributed by atoms with Crippen molar-refractivity contribution < 1.29 is 14.7 Å². The molecular weight excluding hydrogens is 524 g/mol. The Balaban J connectivity index is 1.51. The minimum atomic E-state index is -1.17. The van der Waals surface area contributed by atoms with Gasteiger partial charge in [0, 0.05) is 46.3 Å². The second-order valence-corrected chi connectivity index (χ2v) is 9.31. The number of nitrogens with zero attached hydrogens (tertiary/aromatic N) is 6. The summed E-state index contributed by atoms with van der Waals surface area (Å²) in [7, 11) is 0. The SMILES string of the molecule is CC(C)N(C(=O)c1ccc(Br)cc1)c1nn(-c2ccc(-c3cc4ncccn4n3)cc2)cc1C(=O)O. The van der Waals surface area contributed by atoms with Gasteiger partial charge in [-0.1, -0.05) is 28.1 Å². The average molecular weight is 545 g/mol. The monoisotopic (exact) mass is 544 g/mol. The number of fused-ring (bicyclic) bond motifs is 1. The quantitative estimate of drug-likeness (QED) is 0.319. The number of anilines is 1. The van der Waals surface area contributed by atoms with Crippen LogP contribution in [0.2, 0.25) is 0 Å². The fourth-order valence-corrected chi connectivity index (χ4v) is 4.15. The molecule has 180 valence electrons. The number of carbonyl (C=O) groups is 2. The number of aromatic nitrogens is 5. The van der Waals surface area contributed by atoms with Gasteiger partial charge in [-0.25, -0.2) is 19.0 Å². The zero-order chi connectivity index (χ0) is 25.4. The van der Waals surface area contributed by atoms with E-state index in [-0.39, 0.29) is 23.3 Å². The second-order valence-electron chi connectivity index (χ2n) is 8.39. The van der Waals surface area contributed by atoms with Gasteiger partial charge in [-0.15, -0.1) is 5.10 Å². The van der Waals surface area contributed by atoms with Crippen LogP contribution in [0.3, 0.4) is 0 Å². The first kappa shape index (κ1) is 23.4. The highest BCUT2D eigenvalue weighted by Crippen LogP contribution is 2.27. The van der Waals surface area contributed by atoms with Crippen molar-refractivity contribution in [3.8, 4) is 16.9 Å². The lowest BCUT2D eigenvalue weighted by molar-refractivity contribution is 0.0697. The van der Waals surface area contributed by atoms with E-state index in [1.807, 2.05) is 56.4 Å². The molecule has 36 heavy (non-hydrogen) atoms. The number of rotatable bonds is 6. The van der Waals surface area contributed by atoms with Gasteiger partial charge in [0.15, 0.2) is 11.5 Å². The standard InChI is InChI=1S/C26H21BrN6O3/c1-16(2)33(25(34)18-4-8-19(27)9-5-18)24-21(26(35)36)15-32(30-24)20-10-6-17(7-11-20)22-14-23-28-12-3-13-31(23)29-22/h3-16H,1-2H3,(H,35,36). The molecule has 0 unspecified atom stereocenters. The molecule has 0 bridgehead atoms. The van der Waals surface area contributed by atoms with Crippen LogP contribution < -0.4 is 4.90 Å². The van der Waals surface area contributed by atoms with E-state index < -0.39 is 5.97 Å². The van der Waals surface area contributed by atoms with E-state index in [0.717, 1.165) is 21.4 Å². The third kappa shape index (κ3) is 4.38. The normalized spacial score (nSPS) is 11.2. The highest BCUT2D eigenvalue weighted by Gasteiger charge is 2.29. The topological polar surface area (TPSA) is 106 Å². The highest BCUT2D eigenvalue weighted by molar-refractivity contribution is 9.10. The van der Waals surface area contributed by atoms with Crippen molar-refractivity contribution in [2.24, 2.45) is 0 Å². The van der Waals surface area contributed by atoms with Crippen LogP contribution >= 0.6 is 15.9 Å². The summed E-state index contributed by atoms with van der Waals surface area (Å²) in [6.07, 6.45) is 4.96. The van der Waals surface area contributed by atoms with Gasteiger partial charge >= 0.3 is 5.97 Å². The van der Waals surface area contributed by atoms with Crippen molar-refractivity contribution in [2.45, 2.75) is 19.9 Å². The third-order valence-electron chi connectivity index (χ3n) is 5.64. The zero-order valence-corrected chi connectivity index (χ0v) is 21.0. The van der Waals surface area contributed by atoms with Gasteiger partial charge in [-0.05, 0) is 56.3 Å². The van der Waals surface area contributed by atoms with Gasteiger partial charge < -0.3 is 5.11 Å². The van der Waals surface area contributed by atoms with Gasteiger partial charge in [0.25, 0.3) is 5.91 Å². The number of carboxylic acid groups (broad SMARTS) is 1. The Labute approximate surface area is 214 Å². The molecule has 5 aromatic rings. The van der Waals surface area contributed by atoms with Crippen molar-refractivity contribution in [1.29, 1.82) is 0 Å². The molecule has 0 aliphatic carbocycles. The van der Waals surface area contributed by atoms with Crippen LogP contribution in [0.4, 0.5) is 5.82 Å². The van der Waals surface area contributed by atoms with Gasteiger partial charge in [-0.2, -0.15) is 5.10 Å². The molecule has 0 atom stereocenters. The van der Waals surface area contributed by atoms with E-state index in [4.69, 9.17) is 0 Å². The summed E-state index contributed by atoms with van der Waals surface area (Å²) in [6, 6.07) is 17.7. The Kier molecular flexibility index (Phi) is 6.11. The molecule has 3 heterocycles. The lowest BCUT2D eigenvalue weighted by atomic mass is 10.1. The number of carbonyl (C=O) groups excluding carboxylic acids is 1. The maximum Gasteiger partial charge on any atom is 0.341 e. The van der Waals surface area contributed by atoms with E-state index in [1.165, 1.54) is 15.8 Å². The summed E-state index contributed by atoms with van der Waals surface area (Å²) >= 11 is 3.37. The number of aromatic carboxylic acids is 1. The maximum atomic E-state index is 13.3. The lowest BCUT2D eigenvalue weighted by Crippen LogP contribution is -2.38. The Morgan fingerprint density at radius 3 is 2.39 bits per heavy atom. The Hall–Kier alpha value is -4.31. The molecule has 0 aliphatic heterocycles. The number of benzene rings is 2. The fraction of sp³-hybridized carbons (Fsp3) is 0.115. The highest BCUT2D eigenvalue weighted by atomic mass is 79.9. The predicted octanol–water partition coefficient (Wildman–Crippen LogP) is 5.10. The van der Waals surface area contributed by atoms with Crippen LogP contribution in [0.1, 0.15) is 34.6 Å². The first-order valence-electron chi connectivity index (χ1n) is 11.1. The lowest BCUT2D eigenvalue weighted by Gasteiger charge is -2.25. The van der Waals surface area contributed by atoms with E-state index in [1.54, 1.807) is 35.0 Å². The van der Waals surface area contributed by atoms with Crippen LogP contribution in [0.15, 0.2) is 83.7 Å². The average Bonchev–Trinajstić information content (AvgIpc) is 3.49. The van der Waals surface area contributed by atoms with E-state index in [0.29, 0.717) is 11.3 Å². The molecule has 0 aliphatic rings. The number of hydrogen-bond donors (Lipinski definition) is 1. The molecule has 0 fully saturated rings. The predicted molar refractivity (Wildman–Crippen MR) is 139 cm³/mol. The van der Waals surface area contributed by atoms with Gasteiger partial charge in [0.1, 0.15) is 5.56 Å². The van der Waals surface area contributed by atoms with Crippen LogP contribution in [0.5, 0.6) is 0 Å². The molecule has 2 aromatic carbocycles. The Morgan fingerprint density at radius 1 is 1.03 bits per heavy atom. The summed E-state index contributed by atoms with van der Waals surface area (Å²) in [6.45, 7) is 3.64. The molecule has 5 rings (SSSR count). The maximum absolute atomic E-state index is 13.3. The molecular formula is C26H21BrN6O3. The minimum absolute atomic E-state index is 0.0651. The minimum Gasteiger partial charge on any atom is -0.477 e. The Bertz CT molecular complexity index is 1540. The molecule has 0 saturated heterocycles. The molecule has 1 N–H and O–H groups in total. The van der Waals surface area contributed by atoms with Crippen molar-refractivity contribution in [1.82, 2.24) is 24.4 Å². The number of amides is 1. The van der Waals surface area contributed by atoms with Gasteiger partial charge in [-0.3, -0.25) is 9.69 Å². The first-order valence-corrected chi connectivity index (χ1v) is 11.9. The van der Waals surface area contributed by atoms with Crippen LogP contribution in [-0.4, -0.2) is 47.4 Å². The summed E-state index contributed by atoms with van der Waals surface area (Å²) in [5.74, 6) is -1.42. The van der Waals surface area contributed by atoms with E-state index in [2.05, 4.69) is 31.1 Å². The van der Waals surface area contributed by atoms with Gasteiger partial charge in [0.2, 0.25) is 0 Å². The smallest absolute Gasteiger partial charge is 0.341 e. The van der Waals surface area contributed by atoms with Crippen LogP contribution in [-0.2, 0) is 0 Å². The molecule has 0 spiro atoms. The van der Waals surface area contributed by atoms with Crippen molar-refractivity contribution >= 4 is 39.3 Å². The summed E-state index contributed by atoms with van der Waals surface area (Å²) in [5.41, 5.74) is 3.40. The number of hydrogen-bond acceptors (Lipinski definition) is 5. The first-order chi connectivity index (χ1) is 17.3. The third-order valence-corrected chi connectivity index (χ3v) is 6.17. The van der Waals surface area contributed by atoms with Crippen LogP contribution in [0.25, 0.3) is 22.6 Å². The molecule has 1 amide bonds. The summed E-state index contributed by atoms with van der Waals surface area (Å²) < 4.78 is 4.01. The summed E-state index contributed by atoms with van der Waals surface area (Å²) in [4.78, 5) is 31.1. The van der Waals surface area contributed by atoms with Crippen molar-refractivity contribution in [3.63, 3.8) is 0 Å². The zero-order valence-electron chi connectivity index (χ0n) is 19.4. The summed E-state index contributed by atoms with van der Waals surface area (Å²) in [5, 5.41) is 18.9. The van der Waals surface area contributed by atoms with Gasteiger partial charge in [0.05, 0.1) is 11.4 Å². The van der Waals surface area contributed by atoms with Crippen LogP contribution in [0, 0.1) is 0 Å². The fourth-order valence-electron chi connectivity index (χ4n) is 3.89. The molecule has 0 saturated carbocycles. The number of carboxylic acids is 1. The van der Waals surface area contributed by atoms with Crippen molar-refractivity contribution in [2.75, 3.05) is 4.90 Å². The Morgan fingerprint density at radius 2 is 1.75 bits per heavy atom. The second kappa shape index (κ2) is 9.38. The molecule has 0 radical (unpaired) electrons. The van der Waals surface area contributed by atoms with E-state index >= 15 is 0 Å².